The van der Waals surface area contributed by atoms with Crippen molar-refractivity contribution in [2.24, 2.45) is 0 Å². The number of carbonyl (C=O) groups excluding carboxylic acids is 1. The Labute approximate surface area is 147 Å². The topological polar surface area (TPSA) is 44.1 Å². The van der Waals surface area contributed by atoms with E-state index in [2.05, 4.69) is 51.5 Å². The lowest BCUT2D eigenvalue weighted by Crippen LogP contribution is -2.01. The van der Waals surface area contributed by atoms with Crippen LogP contribution in [0, 0.1) is 6.92 Å². The SMILES string of the molecule is COC(=O)C=CCCCn1c(-c2cccnc2)c(C)c2ccccc21. The maximum absolute atomic E-state index is 11.1. The summed E-state index contributed by atoms with van der Waals surface area (Å²) >= 11 is 0. The molecule has 0 aliphatic rings. The molecule has 4 nitrogen and oxygen atoms in total. The molecule has 0 amide bonds. The molecule has 0 saturated carbocycles. The Morgan fingerprint density at radius 2 is 2.08 bits per heavy atom. The summed E-state index contributed by atoms with van der Waals surface area (Å²) in [6.07, 6.45) is 8.83. The van der Waals surface area contributed by atoms with Crippen molar-refractivity contribution in [3.8, 4) is 11.3 Å². The Balaban J connectivity index is 1.91. The van der Waals surface area contributed by atoms with E-state index in [4.69, 9.17) is 0 Å². The van der Waals surface area contributed by atoms with Crippen molar-refractivity contribution in [2.75, 3.05) is 7.11 Å². The molecule has 4 heteroatoms. The van der Waals surface area contributed by atoms with E-state index in [1.54, 1.807) is 6.20 Å². The van der Waals surface area contributed by atoms with E-state index >= 15 is 0 Å². The fraction of sp³-hybridized carbons (Fsp3) is 0.238. The summed E-state index contributed by atoms with van der Waals surface area (Å²) in [7, 11) is 1.39. The van der Waals surface area contributed by atoms with Gasteiger partial charge in [-0.3, -0.25) is 4.98 Å². The second-order valence-corrected chi connectivity index (χ2v) is 5.95. The fourth-order valence-electron chi connectivity index (χ4n) is 3.20. The summed E-state index contributed by atoms with van der Waals surface area (Å²) < 4.78 is 6.97. The Hall–Kier alpha value is -2.88. The third kappa shape index (κ3) is 3.63. The van der Waals surface area contributed by atoms with Crippen LogP contribution in [0.3, 0.4) is 0 Å². The highest BCUT2D eigenvalue weighted by molar-refractivity contribution is 5.91. The molecule has 0 atom stereocenters. The van der Waals surface area contributed by atoms with E-state index in [9.17, 15) is 4.79 Å². The zero-order chi connectivity index (χ0) is 17.6. The first-order valence-electron chi connectivity index (χ1n) is 8.45. The summed E-state index contributed by atoms with van der Waals surface area (Å²) in [4.78, 5) is 15.4. The summed E-state index contributed by atoms with van der Waals surface area (Å²) in [6.45, 7) is 3.04. The van der Waals surface area contributed by atoms with Crippen molar-refractivity contribution in [1.29, 1.82) is 0 Å². The highest BCUT2D eigenvalue weighted by atomic mass is 16.5. The van der Waals surface area contributed by atoms with Crippen molar-refractivity contribution in [1.82, 2.24) is 9.55 Å². The Morgan fingerprint density at radius 1 is 1.24 bits per heavy atom. The number of aryl methyl sites for hydroxylation is 2. The Morgan fingerprint density at radius 3 is 2.84 bits per heavy atom. The fourth-order valence-corrected chi connectivity index (χ4v) is 3.20. The number of unbranched alkanes of at least 4 members (excludes halogenated alkanes) is 1. The minimum Gasteiger partial charge on any atom is -0.466 e. The molecule has 0 N–H and O–H groups in total. The molecule has 3 rings (SSSR count). The van der Waals surface area contributed by atoms with E-state index < -0.39 is 0 Å². The number of carbonyl (C=O) groups is 1. The first kappa shape index (κ1) is 17.0. The second-order valence-electron chi connectivity index (χ2n) is 5.95. The van der Waals surface area contributed by atoms with Crippen LogP contribution in [0.1, 0.15) is 18.4 Å². The van der Waals surface area contributed by atoms with Crippen LogP contribution in [-0.2, 0) is 16.1 Å². The molecule has 0 fully saturated rings. The molecule has 0 spiro atoms. The predicted octanol–water partition coefficient (Wildman–Crippen LogP) is 4.52. The number of aromatic nitrogens is 2. The molecule has 128 valence electrons. The Kier molecular flexibility index (Phi) is 5.29. The number of allylic oxidation sites excluding steroid dienone is 1. The lowest BCUT2D eigenvalue weighted by atomic mass is 10.1. The van der Waals surface area contributed by atoms with Crippen LogP contribution in [-0.4, -0.2) is 22.6 Å². The number of nitrogens with zero attached hydrogens (tertiary/aromatic N) is 2. The van der Waals surface area contributed by atoms with E-state index in [0.717, 1.165) is 24.9 Å². The van der Waals surface area contributed by atoms with Crippen LogP contribution in [0.4, 0.5) is 0 Å². The molecule has 0 aliphatic heterocycles. The second kappa shape index (κ2) is 7.79. The van der Waals surface area contributed by atoms with Gasteiger partial charge in [-0.25, -0.2) is 4.79 Å². The normalized spacial score (nSPS) is 11.3. The molecule has 25 heavy (non-hydrogen) atoms. The number of rotatable bonds is 6. The smallest absolute Gasteiger partial charge is 0.330 e. The number of pyridine rings is 1. The van der Waals surface area contributed by atoms with Gasteiger partial charge in [0, 0.05) is 41.5 Å². The van der Waals surface area contributed by atoms with Gasteiger partial charge in [0.25, 0.3) is 0 Å². The molecule has 0 radical (unpaired) electrons. The quantitative estimate of drug-likeness (QED) is 0.378. The zero-order valence-corrected chi connectivity index (χ0v) is 14.6. The molecule has 2 aromatic heterocycles. The summed E-state index contributed by atoms with van der Waals surface area (Å²) in [5.41, 5.74) is 4.84. The molecular formula is C21H22N2O2. The highest BCUT2D eigenvalue weighted by Gasteiger charge is 2.15. The predicted molar refractivity (Wildman–Crippen MR) is 100 cm³/mol. The standard InChI is InChI=1S/C21H22N2O2/c1-16-18-10-5-6-11-19(18)23(14-7-3-4-12-20(24)25-2)21(16)17-9-8-13-22-15-17/h4-6,8-13,15H,3,7,14H2,1-2H3. The van der Waals surface area contributed by atoms with Crippen molar-refractivity contribution in [3.63, 3.8) is 0 Å². The molecule has 0 aliphatic carbocycles. The average Bonchev–Trinajstić information content (AvgIpc) is 2.94. The maximum Gasteiger partial charge on any atom is 0.330 e. The lowest BCUT2D eigenvalue weighted by Gasteiger charge is -2.11. The van der Waals surface area contributed by atoms with Crippen LogP contribution in [0.2, 0.25) is 0 Å². The minimum absolute atomic E-state index is 0.307. The number of hydrogen-bond acceptors (Lipinski definition) is 3. The first-order valence-corrected chi connectivity index (χ1v) is 8.45. The van der Waals surface area contributed by atoms with Gasteiger partial charge >= 0.3 is 5.97 Å². The van der Waals surface area contributed by atoms with Crippen LogP contribution in [0.5, 0.6) is 0 Å². The van der Waals surface area contributed by atoms with Gasteiger partial charge in [0.15, 0.2) is 0 Å². The number of para-hydroxylation sites is 1. The molecule has 2 heterocycles. The number of ether oxygens (including phenoxy) is 1. The zero-order valence-electron chi connectivity index (χ0n) is 14.6. The largest absolute Gasteiger partial charge is 0.466 e. The van der Waals surface area contributed by atoms with Crippen molar-refractivity contribution in [2.45, 2.75) is 26.3 Å². The number of hydrogen-bond donors (Lipinski definition) is 0. The van der Waals surface area contributed by atoms with Crippen LogP contribution in [0.15, 0.2) is 60.9 Å². The molecule has 0 unspecified atom stereocenters. The van der Waals surface area contributed by atoms with E-state index in [1.807, 2.05) is 18.3 Å². The van der Waals surface area contributed by atoms with Gasteiger partial charge in [0.1, 0.15) is 0 Å². The number of fused-ring (bicyclic) bond motifs is 1. The average molecular weight is 334 g/mol. The number of methoxy groups -OCH3 is 1. The maximum atomic E-state index is 11.1. The summed E-state index contributed by atoms with van der Waals surface area (Å²) in [6, 6.07) is 12.5. The van der Waals surface area contributed by atoms with Crippen LogP contribution >= 0.6 is 0 Å². The lowest BCUT2D eigenvalue weighted by molar-refractivity contribution is -0.134. The minimum atomic E-state index is -0.307. The van der Waals surface area contributed by atoms with Gasteiger partial charge in [-0.15, -0.1) is 0 Å². The van der Waals surface area contributed by atoms with E-state index in [-0.39, 0.29) is 5.97 Å². The van der Waals surface area contributed by atoms with Gasteiger partial charge in [0.05, 0.1) is 12.8 Å². The molecule has 0 saturated heterocycles. The monoisotopic (exact) mass is 334 g/mol. The molecule has 3 aromatic rings. The first-order chi connectivity index (χ1) is 12.2. The number of esters is 1. The van der Waals surface area contributed by atoms with Crippen LogP contribution < -0.4 is 0 Å². The Bertz CT molecular complexity index is 895. The van der Waals surface area contributed by atoms with E-state index in [0.29, 0.717) is 0 Å². The van der Waals surface area contributed by atoms with Crippen LogP contribution in [0.25, 0.3) is 22.2 Å². The van der Waals surface area contributed by atoms with Gasteiger partial charge in [-0.2, -0.15) is 0 Å². The van der Waals surface area contributed by atoms with Crippen molar-refractivity contribution < 1.29 is 9.53 Å². The third-order valence-electron chi connectivity index (χ3n) is 4.37. The van der Waals surface area contributed by atoms with Gasteiger partial charge in [-0.1, -0.05) is 24.3 Å². The molecular weight excluding hydrogens is 312 g/mol. The molecule has 1 aromatic carbocycles. The third-order valence-corrected chi connectivity index (χ3v) is 4.37. The van der Waals surface area contributed by atoms with Gasteiger partial charge in [-0.05, 0) is 43.5 Å². The molecule has 0 bridgehead atoms. The van der Waals surface area contributed by atoms with Crippen molar-refractivity contribution >= 4 is 16.9 Å². The van der Waals surface area contributed by atoms with Crippen molar-refractivity contribution in [3.05, 3.63) is 66.5 Å². The highest BCUT2D eigenvalue weighted by Crippen LogP contribution is 2.33. The summed E-state index contributed by atoms with van der Waals surface area (Å²) in [5.74, 6) is -0.307. The van der Waals surface area contributed by atoms with Gasteiger partial charge in [0.2, 0.25) is 0 Å². The number of benzene rings is 1. The van der Waals surface area contributed by atoms with E-state index in [1.165, 1.54) is 35.3 Å². The summed E-state index contributed by atoms with van der Waals surface area (Å²) in [5, 5.41) is 1.27. The van der Waals surface area contributed by atoms with Gasteiger partial charge < -0.3 is 9.30 Å².